The number of piperidine rings is 1. The molecule has 2 aromatic carbocycles. The molecule has 4 nitrogen and oxygen atoms in total. The fraction of sp³-hybridized carbons (Fsp3) is 0.364. The van der Waals surface area contributed by atoms with E-state index in [9.17, 15) is 9.59 Å². The van der Waals surface area contributed by atoms with Crippen molar-refractivity contribution in [1.82, 2.24) is 4.90 Å². The van der Waals surface area contributed by atoms with Crippen molar-refractivity contribution in [3.8, 4) is 0 Å². The number of carbonyl (C=O) groups excluding carboxylic acids is 1. The van der Waals surface area contributed by atoms with Crippen LogP contribution in [0.3, 0.4) is 0 Å². The van der Waals surface area contributed by atoms with E-state index in [0.29, 0.717) is 11.5 Å². The average molecular weight is 384 g/mol. The van der Waals surface area contributed by atoms with Crippen LogP contribution in [0.2, 0.25) is 0 Å². The van der Waals surface area contributed by atoms with Crippen molar-refractivity contribution in [2.45, 2.75) is 42.8 Å². The highest BCUT2D eigenvalue weighted by Gasteiger charge is 2.27. The predicted molar refractivity (Wildman–Crippen MR) is 108 cm³/mol. The Hall–Kier alpha value is -2.27. The average Bonchev–Trinajstić information content (AvgIpc) is 2.68. The van der Waals surface area contributed by atoms with Gasteiger partial charge in [0.25, 0.3) is 5.91 Å². The number of aliphatic carboxylic acids is 1. The largest absolute Gasteiger partial charge is 0.480 e. The van der Waals surface area contributed by atoms with Gasteiger partial charge in [0.05, 0.1) is 5.56 Å². The highest BCUT2D eigenvalue weighted by Crippen LogP contribution is 2.32. The highest BCUT2D eigenvalue weighted by molar-refractivity contribution is 8.00. The maximum absolute atomic E-state index is 13.0. The smallest absolute Gasteiger partial charge is 0.316 e. The molecule has 1 saturated heterocycles. The second-order valence-electron chi connectivity index (χ2n) is 7.02. The fourth-order valence-electron chi connectivity index (χ4n) is 3.60. The number of amides is 1. The van der Waals surface area contributed by atoms with Crippen LogP contribution in [0.1, 0.15) is 47.2 Å². The van der Waals surface area contributed by atoms with Crippen molar-refractivity contribution in [2.24, 2.45) is 0 Å². The van der Waals surface area contributed by atoms with Gasteiger partial charge in [-0.1, -0.05) is 36.4 Å². The van der Waals surface area contributed by atoms with E-state index in [4.69, 9.17) is 5.11 Å². The molecule has 1 unspecified atom stereocenters. The summed E-state index contributed by atoms with van der Waals surface area (Å²) >= 11 is 1.22. The lowest BCUT2D eigenvalue weighted by molar-refractivity contribution is -0.136. The fourth-order valence-corrected chi connectivity index (χ4v) is 4.52. The second kappa shape index (κ2) is 8.61. The van der Waals surface area contributed by atoms with Gasteiger partial charge in [0.2, 0.25) is 0 Å². The first-order valence-corrected chi connectivity index (χ1v) is 10.2. The van der Waals surface area contributed by atoms with Crippen LogP contribution in [0.5, 0.6) is 0 Å². The number of hydrogen-bond acceptors (Lipinski definition) is 3. The summed E-state index contributed by atoms with van der Waals surface area (Å²) in [6.45, 7) is 5.24. The van der Waals surface area contributed by atoms with Crippen LogP contribution >= 0.6 is 11.8 Å². The number of hydrogen-bond donors (Lipinski definition) is 1. The number of carbonyl (C=O) groups is 2. The Labute approximate surface area is 164 Å². The van der Waals surface area contributed by atoms with Crippen LogP contribution in [-0.2, 0) is 4.79 Å². The van der Waals surface area contributed by atoms with Crippen LogP contribution in [-0.4, -0.2) is 40.2 Å². The zero-order chi connectivity index (χ0) is 19.4. The number of benzene rings is 2. The number of carboxylic acids is 1. The van der Waals surface area contributed by atoms with Gasteiger partial charge in [-0.3, -0.25) is 9.59 Å². The van der Waals surface area contributed by atoms with Crippen molar-refractivity contribution in [3.05, 3.63) is 65.2 Å². The van der Waals surface area contributed by atoms with E-state index >= 15 is 0 Å². The molecule has 5 heteroatoms. The summed E-state index contributed by atoms with van der Waals surface area (Å²) in [5.41, 5.74) is 3.30. The molecule has 0 spiro atoms. The van der Waals surface area contributed by atoms with E-state index in [1.807, 2.05) is 23.1 Å². The Bertz CT molecular complexity index is 828. The molecule has 2 aromatic rings. The van der Waals surface area contributed by atoms with Gasteiger partial charge in [-0.25, -0.2) is 0 Å². The lowest BCUT2D eigenvalue weighted by Gasteiger charge is -2.33. The van der Waals surface area contributed by atoms with Gasteiger partial charge < -0.3 is 10.0 Å². The van der Waals surface area contributed by atoms with Gasteiger partial charge >= 0.3 is 5.97 Å². The molecule has 1 amide bonds. The summed E-state index contributed by atoms with van der Waals surface area (Å²) in [5.74, 6) is -0.382. The lowest BCUT2D eigenvalue weighted by atomic mass is 9.87. The SMILES string of the molecule is Cc1ccccc1C1CCN(C(=O)c2ccccc2SC(C)C(=O)O)CC1. The van der Waals surface area contributed by atoms with Crippen LogP contribution in [0.15, 0.2) is 53.4 Å². The topological polar surface area (TPSA) is 57.6 Å². The second-order valence-corrected chi connectivity index (χ2v) is 8.40. The van der Waals surface area contributed by atoms with Crippen molar-refractivity contribution < 1.29 is 14.7 Å². The van der Waals surface area contributed by atoms with E-state index in [0.717, 1.165) is 30.8 Å². The van der Waals surface area contributed by atoms with Crippen LogP contribution in [0, 0.1) is 6.92 Å². The zero-order valence-electron chi connectivity index (χ0n) is 15.7. The highest BCUT2D eigenvalue weighted by atomic mass is 32.2. The summed E-state index contributed by atoms with van der Waals surface area (Å²) in [4.78, 5) is 26.9. The first-order chi connectivity index (χ1) is 13.0. The number of nitrogens with zero attached hydrogens (tertiary/aromatic N) is 1. The monoisotopic (exact) mass is 383 g/mol. The maximum Gasteiger partial charge on any atom is 0.316 e. The van der Waals surface area contributed by atoms with Gasteiger partial charge in [-0.15, -0.1) is 11.8 Å². The van der Waals surface area contributed by atoms with Gasteiger partial charge in [0.15, 0.2) is 0 Å². The number of carboxylic acid groups (broad SMARTS) is 1. The van der Waals surface area contributed by atoms with E-state index in [-0.39, 0.29) is 5.91 Å². The number of aryl methyl sites for hydroxylation is 1. The Kier molecular flexibility index (Phi) is 6.22. The van der Waals surface area contributed by atoms with Crippen LogP contribution in [0.4, 0.5) is 0 Å². The number of thioether (sulfide) groups is 1. The Morgan fingerprint density at radius 2 is 1.70 bits per heavy atom. The molecule has 1 atom stereocenters. The van der Waals surface area contributed by atoms with Gasteiger partial charge in [-0.2, -0.15) is 0 Å². The minimum atomic E-state index is -0.874. The number of rotatable bonds is 5. The molecule has 1 heterocycles. The molecule has 142 valence electrons. The van der Waals surface area contributed by atoms with E-state index in [1.54, 1.807) is 13.0 Å². The van der Waals surface area contributed by atoms with Gasteiger partial charge in [0, 0.05) is 18.0 Å². The summed E-state index contributed by atoms with van der Waals surface area (Å²) in [6, 6.07) is 15.8. The molecule has 1 aliphatic heterocycles. The lowest BCUT2D eigenvalue weighted by Crippen LogP contribution is -2.38. The standard InChI is InChI=1S/C22H25NO3S/c1-15-7-3-4-8-18(15)17-11-13-23(14-12-17)21(24)19-9-5-6-10-20(19)27-16(2)22(25)26/h3-10,16-17H,11-14H2,1-2H3,(H,25,26). The van der Waals surface area contributed by atoms with E-state index in [2.05, 4.69) is 31.2 Å². The van der Waals surface area contributed by atoms with Gasteiger partial charge in [-0.05, 0) is 55.9 Å². The minimum Gasteiger partial charge on any atom is -0.480 e. The maximum atomic E-state index is 13.0. The molecule has 0 saturated carbocycles. The van der Waals surface area contributed by atoms with Crippen molar-refractivity contribution in [1.29, 1.82) is 0 Å². The molecule has 0 bridgehead atoms. The van der Waals surface area contributed by atoms with Crippen LogP contribution < -0.4 is 0 Å². The minimum absolute atomic E-state index is 0.000998. The summed E-state index contributed by atoms with van der Waals surface area (Å²) < 4.78 is 0. The Balaban J connectivity index is 1.70. The molecule has 0 aromatic heterocycles. The van der Waals surface area contributed by atoms with Crippen molar-refractivity contribution in [2.75, 3.05) is 13.1 Å². The zero-order valence-corrected chi connectivity index (χ0v) is 16.5. The Morgan fingerprint density at radius 3 is 2.37 bits per heavy atom. The third kappa shape index (κ3) is 4.53. The van der Waals surface area contributed by atoms with Crippen molar-refractivity contribution in [3.63, 3.8) is 0 Å². The summed E-state index contributed by atoms with van der Waals surface area (Å²) in [7, 11) is 0. The summed E-state index contributed by atoms with van der Waals surface area (Å²) in [5, 5.41) is 8.57. The molecular formula is C22H25NO3S. The van der Waals surface area contributed by atoms with Gasteiger partial charge in [0.1, 0.15) is 5.25 Å². The molecule has 0 aliphatic carbocycles. The van der Waals surface area contributed by atoms with E-state index in [1.165, 1.54) is 22.9 Å². The molecular weight excluding hydrogens is 358 g/mol. The molecule has 27 heavy (non-hydrogen) atoms. The normalized spacial score (nSPS) is 16.1. The first-order valence-electron chi connectivity index (χ1n) is 9.30. The number of likely N-dealkylation sites (tertiary alicyclic amines) is 1. The molecule has 3 rings (SSSR count). The molecule has 1 N–H and O–H groups in total. The Morgan fingerprint density at radius 1 is 1.07 bits per heavy atom. The first kappa shape index (κ1) is 19.5. The molecule has 1 fully saturated rings. The van der Waals surface area contributed by atoms with Crippen LogP contribution in [0.25, 0.3) is 0 Å². The van der Waals surface area contributed by atoms with Crippen molar-refractivity contribution >= 4 is 23.6 Å². The predicted octanol–water partition coefficient (Wildman–Crippen LogP) is 4.58. The quantitative estimate of drug-likeness (QED) is 0.768. The van der Waals surface area contributed by atoms with E-state index < -0.39 is 11.2 Å². The third-order valence-electron chi connectivity index (χ3n) is 5.18. The third-order valence-corrected chi connectivity index (χ3v) is 6.34. The molecule has 0 radical (unpaired) electrons. The molecule has 1 aliphatic rings. The summed E-state index contributed by atoms with van der Waals surface area (Å²) in [6.07, 6.45) is 1.91.